The molecule has 1 aromatic rings. The predicted molar refractivity (Wildman–Crippen MR) is 58.5 cm³/mol. The Bertz CT molecular complexity index is 391. The van der Waals surface area contributed by atoms with E-state index in [1.165, 1.54) is 13.2 Å². The van der Waals surface area contributed by atoms with Gasteiger partial charge in [-0.1, -0.05) is 12.1 Å². The number of halogens is 2. The van der Waals surface area contributed by atoms with Crippen LogP contribution in [0.25, 0.3) is 0 Å². The van der Waals surface area contributed by atoms with Gasteiger partial charge in [0.2, 0.25) is 0 Å². The SMILES string of the molecule is COc1cccc(CCCC(=O)O)c1C(F)F. The molecule has 1 aromatic carbocycles. The quantitative estimate of drug-likeness (QED) is 0.836. The van der Waals surface area contributed by atoms with Crippen LogP contribution >= 0.6 is 0 Å². The fourth-order valence-electron chi connectivity index (χ4n) is 1.66. The molecule has 0 bridgehead atoms. The van der Waals surface area contributed by atoms with Gasteiger partial charge in [-0.05, 0) is 24.5 Å². The molecule has 0 aromatic heterocycles. The van der Waals surface area contributed by atoms with E-state index in [9.17, 15) is 13.6 Å². The summed E-state index contributed by atoms with van der Waals surface area (Å²) in [5, 5.41) is 8.50. The fraction of sp³-hybridized carbons (Fsp3) is 0.417. The maximum absolute atomic E-state index is 12.9. The van der Waals surface area contributed by atoms with Crippen LogP contribution in [0.2, 0.25) is 0 Å². The van der Waals surface area contributed by atoms with E-state index in [0.29, 0.717) is 18.4 Å². The Hall–Kier alpha value is -1.65. The number of alkyl halides is 2. The summed E-state index contributed by atoms with van der Waals surface area (Å²) in [6.45, 7) is 0. The summed E-state index contributed by atoms with van der Waals surface area (Å²) in [7, 11) is 1.34. The molecule has 0 fully saturated rings. The van der Waals surface area contributed by atoms with Crippen molar-refractivity contribution in [3.8, 4) is 5.75 Å². The van der Waals surface area contributed by atoms with E-state index in [0.717, 1.165) is 0 Å². The molecule has 0 heterocycles. The highest BCUT2D eigenvalue weighted by Crippen LogP contribution is 2.32. The third kappa shape index (κ3) is 3.69. The Morgan fingerprint density at radius 3 is 2.71 bits per heavy atom. The summed E-state index contributed by atoms with van der Waals surface area (Å²) in [5.74, 6) is -0.778. The minimum atomic E-state index is -2.62. The second kappa shape index (κ2) is 6.18. The van der Waals surface area contributed by atoms with Crippen LogP contribution in [-0.2, 0) is 11.2 Å². The van der Waals surface area contributed by atoms with Crippen LogP contribution in [0.5, 0.6) is 5.75 Å². The number of ether oxygens (including phenoxy) is 1. The lowest BCUT2D eigenvalue weighted by Crippen LogP contribution is -2.01. The van der Waals surface area contributed by atoms with E-state index in [-0.39, 0.29) is 17.7 Å². The zero-order valence-corrected chi connectivity index (χ0v) is 9.45. The summed E-state index contributed by atoms with van der Waals surface area (Å²) in [6, 6.07) is 4.68. The maximum atomic E-state index is 12.9. The minimum Gasteiger partial charge on any atom is -0.496 e. The highest BCUT2D eigenvalue weighted by atomic mass is 19.3. The van der Waals surface area contributed by atoms with Crippen molar-refractivity contribution in [2.75, 3.05) is 7.11 Å². The van der Waals surface area contributed by atoms with Gasteiger partial charge in [-0.3, -0.25) is 4.79 Å². The number of hydrogen-bond donors (Lipinski definition) is 1. The van der Waals surface area contributed by atoms with Crippen LogP contribution in [0.4, 0.5) is 8.78 Å². The first-order valence-corrected chi connectivity index (χ1v) is 5.22. The zero-order chi connectivity index (χ0) is 12.8. The minimum absolute atomic E-state index is 0.0279. The average Bonchev–Trinajstić information content (AvgIpc) is 2.27. The van der Waals surface area contributed by atoms with E-state index in [1.807, 2.05) is 0 Å². The van der Waals surface area contributed by atoms with Crippen molar-refractivity contribution in [1.29, 1.82) is 0 Å². The molecule has 0 saturated carbocycles. The molecule has 0 aliphatic rings. The molecular formula is C12H14F2O3. The first-order valence-electron chi connectivity index (χ1n) is 5.22. The molecule has 0 spiro atoms. The Kier molecular flexibility index (Phi) is 4.87. The molecule has 0 atom stereocenters. The van der Waals surface area contributed by atoms with Gasteiger partial charge in [-0.25, -0.2) is 8.78 Å². The monoisotopic (exact) mass is 244 g/mol. The van der Waals surface area contributed by atoms with Crippen molar-refractivity contribution in [2.24, 2.45) is 0 Å². The van der Waals surface area contributed by atoms with Gasteiger partial charge in [-0.2, -0.15) is 0 Å². The van der Waals surface area contributed by atoms with Gasteiger partial charge >= 0.3 is 5.97 Å². The maximum Gasteiger partial charge on any atom is 0.303 e. The summed E-state index contributed by atoms with van der Waals surface area (Å²) >= 11 is 0. The van der Waals surface area contributed by atoms with Crippen molar-refractivity contribution in [1.82, 2.24) is 0 Å². The predicted octanol–water partition coefficient (Wildman–Crippen LogP) is 3.04. The Morgan fingerprint density at radius 2 is 2.18 bits per heavy atom. The topological polar surface area (TPSA) is 46.5 Å². The Balaban J connectivity index is 2.86. The molecule has 1 N–H and O–H groups in total. The lowest BCUT2D eigenvalue weighted by molar-refractivity contribution is -0.137. The molecule has 0 radical (unpaired) electrons. The van der Waals surface area contributed by atoms with Gasteiger partial charge < -0.3 is 9.84 Å². The number of aliphatic carboxylic acids is 1. The third-order valence-corrected chi connectivity index (χ3v) is 2.43. The van der Waals surface area contributed by atoms with Crippen molar-refractivity contribution in [2.45, 2.75) is 25.7 Å². The van der Waals surface area contributed by atoms with Crippen LogP contribution in [0.15, 0.2) is 18.2 Å². The normalized spacial score (nSPS) is 10.6. The second-order valence-corrected chi connectivity index (χ2v) is 3.58. The molecule has 1 rings (SSSR count). The van der Waals surface area contributed by atoms with E-state index in [2.05, 4.69) is 0 Å². The smallest absolute Gasteiger partial charge is 0.303 e. The number of methoxy groups -OCH3 is 1. The molecule has 0 aliphatic carbocycles. The largest absolute Gasteiger partial charge is 0.496 e. The number of hydrogen-bond acceptors (Lipinski definition) is 2. The highest BCUT2D eigenvalue weighted by Gasteiger charge is 2.18. The van der Waals surface area contributed by atoms with Gasteiger partial charge in [0.15, 0.2) is 0 Å². The molecular weight excluding hydrogens is 230 g/mol. The average molecular weight is 244 g/mol. The molecule has 0 aliphatic heterocycles. The number of aryl methyl sites for hydroxylation is 1. The Labute approximate surface area is 98.0 Å². The first kappa shape index (κ1) is 13.4. The number of carbonyl (C=O) groups is 1. The van der Waals surface area contributed by atoms with Gasteiger partial charge in [0.05, 0.1) is 12.7 Å². The zero-order valence-electron chi connectivity index (χ0n) is 9.45. The van der Waals surface area contributed by atoms with E-state index < -0.39 is 12.4 Å². The standard InChI is InChI=1S/C12H14F2O3/c1-17-9-6-2-4-8(11(9)12(13)14)5-3-7-10(15)16/h2,4,6,12H,3,5,7H2,1H3,(H,15,16). The fourth-order valence-corrected chi connectivity index (χ4v) is 1.66. The van der Waals surface area contributed by atoms with Crippen LogP contribution in [-0.4, -0.2) is 18.2 Å². The summed E-state index contributed by atoms with van der Waals surface area (Å²) in [5.41, 5.74) is 0.306. The van der Waals surface area contributed by atoms with Crippen LogP contribution in [0.1, 0.15) is 30.4 Å². The molecule has 0 amide bonds. The van der Waals surface area contributed by atoms with Crippen LogP contribution < -0.4 is 4.74 Å². The van der Waals surface area contributed by atoms with Crippen LogP contribution in [0.3, 0.4) is 0 Å². The van der Waals surface area contributed by atoms with Crippen molar-refractivity contribution in [3.05, 3.63) is 29.3 Å². The molecule has 5 heteroatoms. The molecule has 0 unspecified atom stereocenters. The van der Waals surface area contributed by atoms with E-state index in [1.54, 1.807) is 12.1 Å². The lowest BCUT2D eigenvalue weighted by atomic mass is 10.0. The second-order valence-electron chi connectivity index (χ2n) is 3.58. The number of rotatable bonds is 6. The van der Waals surface area contributed by atoms with Gasteiger partial charge in [0.25, 0.3) is 6.43 Å². The molecule has 3 nitrogen and oxygen atoms in total. The summed E-state index contributed by atoms with van der Waals surface area (Å²) in [6.07, 6.45) is -2.00. The van der Waals surface area contributed by atoms with E-state index >= 15 is 0 Å². The summed E-state index contributed by atoms with van der Waals surface area (Å²) in [4.78, 5) is 10.4. The first-order chi connectivity index (χ1) is 8.06. The molecule has 0 saturated heterocycles. The summed E-state index contributed by atoms with van der Waals surface area (Å²) < 4.78 is 30.6. The van der Waals surface area contributed by atoms with Crippen molar-refractivity contribution < 1.29 is 23.4 Å². The third-order valence-electron chi connectivity index (χ3n) is 2.43. The number of carboxylic acid groups (broad SMARTS) is 1. The highest BCUT2D eigenvalue weighted by molar-refractivity contribution is 5.66. The molecule has 94 valence electrons. The van der Waals surface area contributed by atoms with Crippen molar-refractivity contribution in [3.63, 3.8) is 0 Å². The number of benzene rings is 1. The number of carboxylic acids is 1. The molecule has 17 heavy (non-hydrogen) atoms. The van der Waals surface area contributed by atoms with Crippen LogP contribution in [0, 0.1) is 0 Å². The van der Waals surface area contributed by atoms with Gasteiger partial charge in [0.1, 0.15) is 5.75 Å². The Morgan fingerprint density at radius 1 is 1.47 bits per heavy atom. The van der Waals surface area contributed by atoms with Crippen molar-refractivity contribution >= 4 is 5.97 Å². The van der Waals surface area contributed by atoms with Gasteiger partial charge in [-0.15, -0.1) is 0 Å². The van der Waals surface area contributed by atoms with Gasteiger partial charge in [0, 0.05) is 6.42 Å². The lowest BCUT2D eigenvalue weighted by Gasteiger charge is -2.12. The van der Waals surface area contributed by atoms with E-state index in [4.69, 9.17) is 9.84 Å².